The standard InChI is InChI=1S/C8H13Br3/c1-3-5-7(10)8(11)6(9)4-2/h4,6-8H,2-3,5H2,1H3. The van der Waals surface area contributed by atoms with E-state index in [1.807, 2.05) is 6.08 Å². The lowest BCUT2D eigenvalue weighted by Gasteiger charge is -2.18. The van der Waals surface area contributed by atoms with Crippen LogP contribution in [0.4, 0.5) is 0 Å². The predicted molar refractivity (Wildman–Crippen MR) is 63.3 cm³/mol. The molecule has 66 valence electrons. The summed E-state index contributed by atoms with van der Waals surface area (Å²) >= 11 is 10.7. The topological polar surface area (TPSA) is 0 Å². The minimum Gasteiger partial charge on any atom is -0.102 e. The first-order valence-corrected chi connectivity index (χ1v) is 6.43. The molecule has 0 saturated carbocycles. The Morgan fingerprint density at radius 2 is 1.91 bits per heavy atom. The molecule has 0 heterocycles. The maximum atomic E-state index is 3.73. The van der Waals surface area contributed by atoms with Gasteiger partial charge in [0.25, 0.3) is 0 Å². The van der Waals surface area contributed by atoms with Crippen LogP contribution in [0.2, 0.25) is 0 Å². The molecule has 0 aromatic heterocycles. The third-order valence-corrected chi connectivity index (χ3v) is 6.04. The summed E-state index contributed by atoms with van der Waals surface area (Å²) in [7, 11) is 0. The molecule has 0 fully saturated rings. The van der Waals surface area contributed by atoms with Crippen LogP contribution in [0.1, 0.15) is 19.8 Å². The van der Waals surface area contributed by atoms with E-state index in [2.05, 4.69) is 61.3 Å². The van der Waals surface area contributed by atoms with E-state index < -0.39 is 0 Å². The summed E-state index contributed by atoms with van der Waals surface area (Å²) in [5.41, 5.74) is 0. The number of allylic oxidation sites excluding steroid dienone is 1. The molecular formula is C8H13Br3. The summed E-state index contributed by atoms with van der Waals surface area (Å²) in [6.45, 7) is 5.91. The van der Waals surface area contributed by atoms with Crippen LogP contribution >= 0.6 is 47.8 Å². The van der Waals surface area contributed by atoms with Crippen molar-refractivity contribution in [3.63, 3.8) is 0 Å². The fourth-order valence-corrected chi connectivity index (χ4v) is 2.81. The van der Waals surface area contributed by atoms with E-state index in [0.29, 0.717) is 14.5 Å². The molecule has 0 aromatic carbocycles. The highest BCUT2D eigenvalue weighted by molar-refractivity contribution is 9.13. The number of rotatable bonds is 5. The molecule has 11 heavy (non-hydrogen) atoms. The average Bonchev–Trinajstić information content (AvgIpc) is 2.02. The van der Waals surface area contributed by atoms with E-state index in [0.717, 1.165) is 0 Å². The number of hydrogen-bond donors (Lipinski definition) is 0. The highest BCUT2D eigenvalue weighted by Crippen LogP contribution is 2.26. The number of alkyl halides is 3. The monoisotopic (exact) mass is 346 g/mol. The summed E-state index contributed by atoms with van der Waals surface area (Å²) in [4.78, 5) is 1.30. The predicted octanol–water partition coefficient (Wildman–Crippen LogP) is 4.26. The zero-order chi connectivity index (χ0) is 8.85. The molecule has 0 bridgehead atoms. The van der Waals surface area contributed by atoms with Crippen molar-refractivity contribution in [3.8, 4) is 0 Å². The van der Waals surface area contributed by atoms with Crippen molar-refractivity contribution in [2.45, 2.75) is 34.2 Å². The third-order valence-electron chi connectivity index (χ3n) is 1.44. The van der Waals surface area contributed by atoms with Crippen molar-refractivity contribution >= 4 is 47.8 Å². The lowest BCUT2D eigenvalue weighted by atomic mass is 10.1. The van der Waals surface area contributed by atoms with Gasteiger partial charge in [-0.3, -0.25) is 0 Å². The molecule has 3 unspecified atom stereocenters. The van der Waals surface area contributed by atoms with Crippen molar-refractivity contribution in [2.24, 2.45) is 0 Å². The fourth-order valence-electron chi connectivity index (χ4n) is 0.764. The summed E-state index contributed by atoms with van der Waals surface area (Å²) in [6, 6.07) is 0. The van der Waals surface area contributed by atoms with Gasteiger partial charge in [0.05, 0.1) is 0 Å². The minimum absolute atomic E-state index is 0.346. The first-order valence-electron chi connectivity index (χ1n) is 3.68. The van der Waals surface area contributed by atoms with Gasteiger partial charge in [-0.25, -0.2) is 0 Å². The molecule has 3 atom stereocenters. The molecular weight excluding hydrogens is 336 g/mol. The second-order valence-electron chi connectivity index (χ2n) is 2.43. The van der Waals surface area contributed by atoms with Crippen molar-refractivity contribution in [3.05, 3.63) is 12.7 Å². The van der Waals surface area contributed by atoms with E-state index in [1.165, 1.54) is 12.8 Å². The Morgan fingerprint density at radius 3 is 2.27 bits per heavy atom. The molecule has 0 saturated heterocycles. The zero-order valence-corrected chi connectivity index (χ0v) is 11.3. The molecule has 0 aliphatic heterocycles. The molecule has 0 rings (SSSR count). The van der Waals surface area contributed by atoms with Gasteiger partial charge < -0.3 is 0 Å². The van der Waals surface area contributed by atoms with Gasteiger partial charge in [0.15, 0.2) is 0 Å². The first kappa shape index (κ1) is 12.2. The van der Waals surface area contributed by atoms with E-state index in [9.17, 15) is 0 Å². The number of hydrogen-bond acceptors (Lipinski definition) is 0. The molecule has 0 amide bonds. The first-order chi connectivity index (χ1) is 5.13. The van der Waals surface area contributed by atoms with E-state index in [4.69, 9.17) is 0 Å². The van der Waals surface area contributed by atoms with Crippen LogP contribution in [0.25, 0.3) is 0 Å². The minimum atomic E-state index is 0.346. The van der Waals surface area contributed by atoms with Crippen LogP contribution in [-0.2, 0) is 0 Å². The van der Waals surface area contributed by atoms with Crippen molar-refractivity contribution in [1.29, 1.82) is 0 Å². The quantitative estimate of drug-likeness (QED) is 0.514. The van der Waals surface area contributed by atoms with Crippen molar-refractivity contribution < 1.29 is 0 Å². The maximum absolute atomic E-state index is 3.73. The van der Waals surface area contributed by atoms with Crippen molar-refractivity contribution in [1.82, 2.24) is 0 Å². The van der Waals surface area contributed by atoms with E-state index in [1.54, 1.807) is 0 Å². The molecule has 0 nitrogen and oxygen atoms in total. The normalized spacial score (nSPS) is 18.9. The Labute approximate surface area is 94.2 Å². The number of halogens is 3. The second kappa shape index (κ2) is 6.67. The average molecular weight is 349 g/mol. The van der Waals surface area contributed by atoms with Gasteiger partial charge in [0.1, 0.15) is 0 Å². The van der Waals surface area contributed by atoms with Crippen LogP contribution in [0.15, 0.2) is 12.7 Å². The lowest BCUT2D eigenvalue weighted by Crippen LogP contribution is -2.22. The van der Waals surface area contributed by atoms with Gasteiger partial charge in [-0.05, 0) is 6.42 Å². The highest BCUT2D eigenvalue weighted by atomic mass is 79.9. The molecule has 0 N–H and O–H groups in total. The van der Waals surface area contributed by atoms with Gasteiger partial charge in [-0.1, -0.05) is 67.2 Å². The van der Waals surface area contributed by atoms with Crippen molar-refractivity contribution in [2.75, 3.05) is 0 Å². The van der Waals surface area contributed by atoms with Gasteiger partial charge in [0, 0.05) is 14.5 Å². The summed E-state index contributed by atoms with van der Waals surface area (Å²) in [5.74, 6) is 0. The van der Waals surface area contributed by atoms with E-state index >= 15 is 0 Å². The Morgan fingerprint density at radius 1 is 1.36 bits per heavy atom. The Bertz CT molecular complexity index is 114. The molecule has 3 heteroatoms. The summed E-state index contributed by atoms with van der Waals surface area (Å²) in [5, 5.41) is 0. The Hall–Kier alpha value is 1.18. The molecule has 0 aliphatic carbocycles. The third kappa shape index (κ3) is 4.69. The molecule has 0 aliphatic rings. The maximum Gasteiger partial charge on any atom is 0.0458 e. The molecule has 0 radical (unpaired) electrons. The molecule has 0 spiro atoms. The SMILES string of the molecule is C=CC(Br)C(Br)C(Br)CCC. The van der Waals surface area contributed by atoms with Crippen LogP contribution in [0.5, 0.6) is 0 Å². The highest BCUT2D eigenvalue weighted by Gasteiger charge is 2.20. The van der Waals surface area contributed by atoms with Gasteiger partial charge in [-0.15, -0.1) is 6.58 Å². The largest absolute Gasteiger partial charge is 0.102 e. The van der Waals surface area contributed by atoms with Crippen LogP contribution in [0.3, 0.4) is 0 Å². The lowest BCUT2D eigenvalue weighted by molar-refractivity contribution is 0.730. The van der Waals surface area contributed by atoms with Crippen LogP contribution < -0.4 is 0 Å². The smallest absolute Gasteiger partial charge is 0.0458 e. The van der Waals surface area contributed by atoms with E-state index in [-0.39, 0.29) is 0 Å². The zero-order valence-electron chi connectivity index (χ0n) is 6.56. The fraction of sp³-hybridized carbons (Fsp3) is 0.750. The Balaban J connectivity index is 3.79. The van der Waals surface area contributed by atoms with Gasteiger partial charge in [0.2, 0.25) is 0 Å². The van der Waals surface area contributed by atoms with Gasteiger partial charge in [-0.2, -0.15) is 0 Å². The summed E-state index contributed by atoms with van der Waals surface area (Å²) in [6.07, 6.45) is 4.30. The Kier molecular flexibility index (Phi) is 7.39. The van der Waals surface area contributed by atoms with Crippen LogP contribution in [0, 0.1) is 0 Å². The molecule has 0 aromatic rings. The second-order valence-corrected chi connectivity index (χ2v) is 5.72. The summed E-state index contributed by atoms with van der Waals surface area (Å²) < 4.78 is 0. The van der Waals surface area contributed by atoms with Gasteiger partial charge >= 0.3 is 0 Å². The van der Waals surface area contributed by atoms with Crippen LogP contribution in [-0.4, -0.2) is 14.5 Å².